The summed E-state index contributed by atoms with van der Waals surface area (Å²) >= 11 is 10.8. The highest BCUT2D eigenvalue weighted by Gasteiger charge is 2.02. The summed E-state index contributed by atoms with van der Waals surface area (Å²) in [4.78, 5) is 0. The van der Waals surface area contributed by atoms with Gasteiger partial charge in [-0.2, -0.15) is 0 Å². The lowest BCUT2D eigenvalue weighted by molar-refractivity contribution is 1.04. The molecular formula is C12H11ClN4S. The Morgan fingerprint density at radius 3 is 2.56 bits per heavy atom. The average Bonchev–Trinajstić information content (AvgIpc) is 2.35. The topological polar surface area (TPSA) is 49.8 Å². The van der Waals surface area contributed by atoms with Crippen molar-refractivity contribution in [2.45, 2.75) is 6.92 Å². The van der Waals surface area contributed by atoms with Crippen LogP contribution >= 0.6 is 23.8 Å². The van der Waals surface area contributed by atoms with Crippen LogP contribution in [-0.4, -0.2) is 15.3 Å². The number of benzene rings is 1. The molecule has 0 aliphatic heterocycles. The second-order valence-corrected chi connectivity index (χ2v) is 4.43. The number of aryl methyl sites for hydroxylation is 1. The van der Waals surface area contributed by atoms with E-state index in [0.717, 1.165) is 11.3 Å². The lowest BCUT2D eigenvalue weighted by Gasteiger charge is -2.11. The van der Waals surface area contributed by atoms with Crippen LogP contribution < -0.4 is 10.6 Å². The fourth-order valence-corrected chi connectivity index (χ4v) is 1.68. The Bertz CT molecular complexity index is 556. The zero-order chi connectivity index (χ0) is 13.0. The van der Waals surface area contributed by atoms with Gasteiger partial charge in [0.15, 0.2) is 16.1 Å². The van der Waals surface area contributed by atoms with Gasteiger partial charge in [0.1, 0.15) is 0 Å². The van der Waals surface area contributed by atoms with E-state index in [1.807, 2.05) is 31.2 Å². The van der Waals surface area contributed by atoms with Crippen molar-refractivity contribution < 1.29 is 0 Å². The molecule has 4 nitrogen and oxygen atoms in total. The molecule has 0 radical (unpaired) electrons. The van der Waals surface area contributed by atoms with Gasteiger partial charge in [-0.05, 0) is 42.9 Å². The van der Waals surface area contributed by atoms with Gasteiger partial charge in [-0.3, -0.25) is 0 Å². The van der Waals surface area contributed by atoms with Crippen molar-refractivity contribution in [2.24, 2.45) is 0 Å². The van der Waals surface area contributed by atoms with Gasteiger partial charge in [0.25, 0.3) is 0 Å². The van der Waals surface area contributed by atoms with E-state index in [4.69, 9.17) is 23.8 Å². The summed E-state index contributed by atoms with van der Waals surface area (Å²) < 4.78 is 0. The lowest BCUT2D eigenvalue weighted by Crippen LogP contribution is -2.20. The predicted molar refractivity (Wildman–Crippen MR) is 78.1 cm³/mol. The largest absolute Gasteiger partial charge is 0.332 e. The van der Waals surface area contributed by atoms with E-state index in [1.165, 1.54) is 0 Å². The number of rotatable bonds is 2. The highest BCUT2D eigenvalue weighted by atomic mass is 35.5. The Labute approximate surface area is 115 Å². The third-order valence-electron chi connectivity index (χ3n) is 2.27. The van der Waals surface area contributed by atoms with E-state index in [-0.39, 0.29) is 0 Å². The summed E-state index contributed by atoms with van der Waals surface area (Å²) in [7, 11) is 0. The quantitative estimate of drug-likeness (QED) is 0.826. The number of hydrogen-bond acceptors (Lipinski definition) is 3. The van der Waals surface area contributed by atoms with Crippen LogP contribution in [-0.2, 0) is 0 Å². The fraction of sp³-hybridized carbons (Fsp3) is 0.0833. The molecule has 0 fully saturated rings. The first-order valence-electron chi connectivity index (χ1n) is 5.28. The van der Waals surface area contributed by atoms with Crippen molar-refractivity contribution in [3.05, 3.63) is 47.1 Å². The van der Waals surface area contributed by atoms with Crippen LogP contribution in [0.3, 0.4) is 0 Å². The zero-order valence-electron chi connectivity index (χ0n) is 9.64. The van der Waals surface area contributed by atoms with E-state index in [1.54, 1.807) is 12.1 Å². The van der Waals surface area contributed by atoms with Crippen LogP contribution in [0, 0.1) is 6.92 Å². The molecule has 0 aliphatic carbocycles. The number of aromatic nitrogens is 2. The highest BCUT2D eigenvalue weighted by molar-refractivity contribution is 7.80. The monoisotopic (exact) mass is 278 g/mol. The number of thiocarbonyl (C=S) groups is 1. The molecule has 0 amide bonds. The highest BCUT2D eigenvalue weighted by Crippen LogP contribution is 2.13. The summed E-state index contributed by atoms with van der Waals surface area (Å²) in [6, 6.07) is 11.2. The Morgan fingerprint density at radius 2 is 1.89 bits per heavy atom. The normalized spacial score (nSPS) is 9.89. The molecular weight excluding hydrogens is 268 g/mol. The molecule has 0 spiro atoms. The molecule has 6 heteroatoms. The molecule has 2 rings (SSSR count). The Morgan fingerprint density at radius 1 is 1.11 bits per heavy atom. The number of anilines is 2. The van der Waals surface area contributed by atoms with Gasteiger partial charge in [0, 0.05) is 5.69 Å². The second kappa shape index (κ2) is 5.75. The van der Waals surface area contributed by atoms with Gasteiger partial charge < -0.3 is 10.6 Å². The van der Waals surface area contributed by atoms with Gasteiger partial charge in [-0.1, -0.05) is 29.8 Å². The number of hydrogen-bond donors (Lipinski definition) is 2. The van der Waals surface area contributed by atoms with Gasteiger partial charge in [-0.25, -0.2) is 0 Å². The number of para-hydroxylation sites is 1. The van der Waals surface area contributed by atoms with Crippen LogP contribution in [0.2, 0.25) is 5.15 Å². The van der Waals surface area contributed by atoms with Crippen LogP contribution in [0.15, 0.2) is 36.4 Å². The molecule has 0 saturated heterocycles. The van der Waals surface area contributed by atoms with Crippen molar-refractivity contribution in [1.29, 1.82) is 0 Å². The number of nitrogens with zero attached hydrogens (tertiary/aromatic N) is 2. The Kier molecular flexibility index (Phi) is 4.07. The summed E-state index contributed by atoms with van der Waals surface area (Å²) in [6.07, 6.45) is 0. The van der Waals surface area contributed by atoms with Crippen molar-refractivity contribution in [1.82, 2.24) is 10.2 Å². The molecule has 0 atom stereocenters. The molecule has 0 saturated carbocycles. The van der Waals surface area contributed by atoms with E-state index >= 15 is 0 Å². The van der Waals surface area contributed by atoms with E-state index in [2.05, 4.69) is 20.8 Å². The molecule has 0 bridgehead atoms. The first-order valence-corrected chi connectivity index (χ1v) is 6.06. The number of nitrogens with one attached hydrogen (secondary N) is 2. The minimum atomic E-state index is 0.346. The fourth-order valence-electron chi connectivity index (χ4n) is 1.37. The third-order valence-corrected chi connectivity index (χ3v) is 2.67. The summed E-state index contributed by atoms with van der Waals surface area (Å²) in [5, 5.41) is 14.4. The van der Waals surface area contributed by atoms with Gasteiger partial charge in [0.2, 0.25) is 0 Å². The van der Waals surface area contributed by atoms with Gasteiger partial charge in [0.05, 0.1) is 0 Å². The molecule has 18 heavy (non-hydrogen) atoms. The average molecular weight is 279 g/mol. The molecule has 2 N–H and O–H groups in total. The molecule has 0 aliphatic rings. The summed E-state index contributed by atoms with van der Waals surface area (Å²) in [5.74, 6) is 0.547. The smallest absolute Gasteiger partial charge is 0.176 e. The maximum Gasteiger partial charge on any atom is 0.176 e. The first-order chi connectivity index (χ1) is 8.65. The zero-order valence-corrected chi connectivity index (χ0v) is 11.2. The molecule has 92 valence electrons. The number of halogens is 1. The van der Waals surface area contributed by atoms with E-state index in [9.17, 15) is 0 Å². The molecule has 1 aromatic heterocycles. The summed E-state index contributed by atoms with van der Waals surface area (Å²) in [5.41, 5.74) is 2.07. The first kappa shape index (κ1) is 12.7. The molecule has 1 aromatic carbocycles. The minimum absolute atomic E-state index is 0.346. The second-order valence-electron chi connectivity index (χ2n) is 3.64. The van der Waals surface area contributed by atoms with Gasteiger partial charge >= 0.3 is 0 Å². The van der Waals surface area contributed by atoms with Crippen molar-refractivity contribution in [3.63, 3.8) is 0 Å². The Hall–Kier alpha value is -1.72. The Balaban J connectivity index is 2.01. The maximum absolute atomic E-state index is 5.65. The lowest BCUT2D eigenvalue weighted by atomic mass is 10.2. The minimum Gasteiger partial charge on any atom is -0.332 e. The van der Waals surface area contributed by atoms with E-state index < -0.39 is 0 Å². The SMILES string of the molecule is Cc1ccccc1NC(=S)Nc1ccc(Cl)nn1. The van der Waals surface area contributed by atoms with Crippen molar-refractivity contribution >= 4 is 40.4 Å². The van der Waals surface area contributed by atoms with Crippen LogP contribution in [0.5, 0.6) is 0 Å². The standard InChI is InChI=1S/C12H11ClN4S/c1-8-4-2-3-5-9(8)14-12(18)15-11-7-6-10(13)16-17-11/h2-7H,1H3,(H2,14,15,17,18). The van der Waals surface area contributed by atoms with Crippen LogP contribution in [0.1, 0.15) is 5.56 Å². The van der Waals surface area contributed by atoms with Crippen molar-refractivity contribution in [2.75, 3.05) is 10.6 Å². The van der Waals surface area contributed by atoms with Crippen molar-refractivity contribution in [3.8, 4) is 0 Å². The molecule has 0 unspecified atom stereocenters. The maximum atomic E-state index is 5.65. The molecule has 1 heterocycles. The molecule has 2 aromatic rings. The predicted octanol–water partition coefficient (Wildman–Crippen LogP) is 3.25. The van der Waals surface area contributed by atoms with Crippen LogP contribution in [0.25, 0.3) is 0 Å². The summed E-state index contributed by atoms with van der Waals surface area (Å²) in [6.45, 7) is 2.01. The third kappa shape index (κ3) is 3.38. The van der Waals surface area contributed by atoms with E-state index in [0.29, 0.717) is 16.1 Å². The van der Waals surface area contributed by atoms with Crippen LogP contribution in [0.4, 0.5) is 11.5 Å². The van der Waals surface area contributed by atoms with Gasteiger partial charge in [-0.15, -0.1) is 10.2 Å².